The lowest BCUT2D eigenvalue weighted by molar-refractivity contribution is 0.250. The number of carbonyl (C=O) groups is 1. The minimum absolute atomic E-state index is 0.0139. The number of nitrogens with one attached hydrogen (secondary N) is 2. The summed E-state index contributed by atoms with van der Waals surface area (Å²) in [6.45, 7) is 4.97. The van der Waals surface area contributed by atoms with E-state index in [0.717, 1.165) is 24.3 Å². The summed E-state index contributed by atoms with van der Waals surface area (Å²) >= 11 is 0. The van der Waals surface area contributed by atoms with Gasteiger partial charge >= 0.3 is 6.03 Å². The molecular formula is C24H26N4O. The second kappa shape index (κ2) is 8.35. The number of amides is 2. The first-order valence-electron chi connectivity index (χ1n) is 9.99. The maximum absolute atomic E-state index is 12.3. The van der Waals surface area contributed by atoms with Crippen molar-refractivity contribution in [2.24, 2.45) is 0 Å². The molecule has 0 saturated carbocycles. The van der Waals surface area contributed by atoms with Gasteiger partial charge in [-0.3, -0.25) is 4.68 Å². The van der Waals surface area contributed by atoms with Crippen molar-refractivity contribution in [3.63, 3.8) is 0 Å². The zero-order chi connectivity index (χ0) is 20.2. The number of para-hydroxylation sites is 1. The third kappa shape index (κ3) is 4.40. The highest BCUT2D eigenvalue weighted by Gasteiger charge is 2.26. The molecule has 5 heteroatoms. The molecule has 0 radical (unpaired) electrons. The summed E-state index contributed by atoms with van der Waals surface area (Å²) in [5.41, 5.74) is 5.55. The molecule has 2 atom stereocenters. The van der Waals surface area contributed by atoms with Crippen molar-refractivity contribution in [2.75, 3.05) is 5.32 Å². The molecule has 148 valence electrons. The zero-order valence-corrected chi connectivity index (χ0v) is 16.8. The number of urea groups is 1. The van der Waals surface area contributed by atoms with Crippen LogP contribution in [0.15, 0.2) is 72.8 Å². The molecular weight excluding hydrogens is 360 g/mol. The lowest BCUT2D eigenvalue weighted by Crippen LogP contribution is -2.36. The van der Waals surface area contributed by atoms with E-state index in [9.17, 15) is 4.79 Å². The molecule has 2 amide bonds. The molecule has 2 N–H and O–H groups in total. The Labute approximate surface area is 171 Å². The summed E-state index contributed by atoms with van der Waals surface area (Å²) in [7, 11) is 0. The molecule has 0 aliphatic heterocycles. The van der Waals surface area contributed by atoms with Gasteiger partial charge in [0, 0.05) is 28.9 Å². The molecule has 29 heavy (non-hydrogen) atoms. The molecule has 0 saturated heterocycles. The molecule has 1 aliphatic carbocycles. The first-order chi connectivity index (χ1) is 14.1. The van der Waals surface area contributed by atoms with E-state index in [1.807, 2.05) is 36.4 Å². The molecule has 4 rings (SSSR count). The van der Waals surface area contributed by atoms with Crippen molar-refractivity contribution < 1.29 is 4.79 Å². The third-order valence-corrected chi connectivity index (χ3v) is 5.42. The second-order valence-electron chi connectivity index (χ2n) is 7.53. The smallest absolute Gasteiger partial charge is 0.319 e. The number of aryl methyl sites for hydroxylation is 1. The van der Waals surface area contributed by atoms with Gasteiger partial charge in [-0.1, -0.05) is 60.7 Å². The van der Waals surface area contributed by atoms with Crippen molar-refractivity contribution in [2.45, 2.75) is 38.8 Å². The first-order valence-corrected chi connectivity index (χ1v) is 9.99. The van der Waals surface area contributed by atoms with E-state index in [1.165, 1.54) is 16.8 Å². The monoisotopic (exact) mass is 386 g/mol. The molecule has 0 spiro atoms. The van der Waals surface area contributed by atoms with Crippen molar-refractivity contribution >= 4 is 11.7 Å². The van der Waals surface area contributed by atoms with E-state index in [4.69, 9.17) is 5.10 Å². The normalized spacial score (nSPS) is 18.0. The van der Waals surface area contributed by atoms with Crippen molar-refractivity contribution in [3.05, 3.63) is 95.3 Å². The topological polar surface area (TPSA) is 59.0 Å². The van der Waals surface area contributed by atoms with Gasteiger partial charge in [0.05, 0.1) is 12.2 Å². The molecule has 0 bridgehead atoms. The van der Waals surface area contributed by atoms with Crippen LogP contribution in [0.1, 0.15) is 34.9 Å². The van der Waals surface area contributed by atoms with Crippen LogP contribution in [-0.4, -0.2) is 21.9 Å². The van der Waals surface area contributed by atoms with Crippen LogP contribution in [0.5, 0.6) is 0 Å². The SMILES string of the molecule is Cc1nn(Cc2ccccc2)c(C)c1[C@@H]1C=C[C@@H](NC(=O)Nc2ccccc2)C1. The van der Waals surface area contributed by atoms with Gasteiger partial charge < -0.3 is 10.6 Å². The quantitative estimate of drug-likeness (QED) is 0.620. The van der Waals surface area contributed by atoms with Gasteiger partial charge in [0.2, 0.25) is 0 Å². The number of hydrogen-bond acceptors (Lipinski definition) is 2. The minimum atomic E-state index is -0.181. The summed E-state index contributed by atoms with van der Waals surface area (Å²) < 4.78 is 2.08. The fraction of sp³-hybridized carbons (Fsp3) is 0.250. The number of rotatable bonds is 5. The lowest BCUT2D eigenvalue weighted by atomic mass is 9.96. The fourth-order valence-electron chi connectivity index (χ4n) is 4.03. The molecule has 1 aromatic heterocycles. The molecule has 5 nitrogen and oxygen atoms in total. The summed E-state index contributed by atoms with van der Waals surface area (Å²) in [6.07, 6.45) is 5.13. The van der Waals surface area contributed by atoms with Crippen LogP contribution in [-0.2, 0) is 6.54 Å². The summed E-state index contributed by atoms with van der Waals surface area (Å²) in [6, 6.07) is 19.7. The largest absolute Gasteiger partial charge is 0.332 e. The Morgan fingerprint density at radius 3 is 2.45 bits per heavy atom. The van der Waals surface area contributed by atoms with Crippen molar-refractivity contribution in [3.8, 4) is 0 Å². The van der Waals surface area contributed by atoms with E-state index in [2.05, 4.69) is 65.6 Å². The van der Waals surface area contributed by atoms with Gasteiger partial charge in [-0.25, -0.2) is 4.79 Å². The average Bonchev–Trinajstić information content (AvgIpc) is 3.27. The Kier molecular flexibility index (Phi) is 5.47. The highest BCUT2D eigenvalue weighted by molar-refractivity contribution is 5.89. The maximum atomic E-state index is 12.3. The van der Waals surface area contributed by atoms with Crippen molar-refractivity contribution in [1.29, 1.82) is 0 Å². The van der Waals surface area contributed by atoms with Gasteiger partial charge in [-0.2, -0.15) is 5.10 Å². The summed E-state index contributed by atoms with van der Waals surface area (Å²) in [5.74, 6) is 0.265. The Morgan fingerprint density at radius 1 is 1.03 bits per heavy atom. The predicted octanol–water partition coefficient (Wildman–Crippen LogP) is 4.78. The average molecular weight is 386 g/mol. The number of aromatic nitrogens is 2. The number of hydrogen-bond donors (Lipinski definition) is 2. The Hall–Kier alpha value is -3.34. The molecule has 1 aliphatic rings. The molecule has 1 heterocycles. The van der Waals surface area contributed by atoms with Crippen LogP contribution in [0.25, 0.3) is 0 Å². The first kappa shape index (κ1) is 19.0. The number of allylic oxidation sites excluding steroid dienone is 1. The van der Waals surface area contributed by atoms with E-state index in [1.54, 1.807) is 0 Å². The third-order valence-electron chi connectivity index (χ3n) is 5.42. The van der Waals surface area contributed by atoms with E-state index in [0.29, 0.717) is 0 Å². The Morgan fingerprint density at radius 2 is 1.72 bits per heavy atom. The fourth-order valence-corrected chi connectivity index (χ4v) is 4.03. The van der Waals surface area contributed by atoms with Crippen LogP contribution in [0.4, 0.5) is 10.5 Å². The van der Waals surface area contributed by atoms with Gasteiger partial charge in [-0.05, 0) is 38.0 Å². The van der Waals surface area contributed by atoms with Gasteiger partial charge in [0.1, 0.15) is 0 Å². The Balaban J connectivity index is 1.40. The molecule has 2 aromatic carbocycles. The van der Waals surface area contributed by atoms with E-state index in [-0.39, 0.29) is 18.0 Å². The molecule has 3 aromatic rings. The lowest BCUT2D eigenvalue weighted by Gasteiger charge is -2.15. The standard InChI is InChI=1S/C24H26N4O/c1-17-23(18(2)28(27-17)16-19-9-5-3-6-10-19)20-13-14-22(15-20)26-24(29)25-21-11-7-4-8-12-21/h3-14,20,22H,15-16H2,1-2H3,(H2,25,26,29)/t20-,22-/m1/s1. The van der Waals surface area contributed by atoms with Gasteiger partial charge in [0.15, 0.2) is 0 Å². The van der Waals surface area contributed by atoms with Crippen LogP contribution in [0.3, 0.4) is 0 Å². The summed E-state index contributed by atoms with van der Waals surface area (Å²) in [5, 5.41) is 10.7. The second-order valence-corrected chi connectivity index (χ2v) is 7.53. The number of carbonyl (C=O) groups excluding carboxylic acids is 1. The highest BCUT2D eigenvalue weighted by Crippen LogP contribution is 2.33. The minimum Gasteiger partial charge on any atom is -0.332 e. The highest BCUT2D eigenvalue weighted by atomic mass is 16.2. The molecule has 0 unspecified atom stereocenters. The van der Waals surface area contributed by atoms with Crippen LogP contribution >= 0.6 is 0 Å². The predicted molar refractivity (Wildman–Crippen MR) is 116 cm³/mol. The zero-order valence-electron chi connectivity index (χ0n) is 16.8. The van der Waals surface area contributed by atoms with Crippen LogP contribution < -0.4 is 10.6 Å². The summed E-state index contributed by atoms with van der Waals surface area (Å²) in [4.78, 5) is 12.3. The molecule has 0 fully saturated rings. The maximum Gasteiger partial charge on any atom is 0.319 e. The number of anilines is 1. The van der Waals surface area contributed by atoms with Crippen LogP contribution in [0.2, 0.25) is 0 Å². The van der Waals surface area contributed by atoms with Gasteiger partial charge in [-0.15, -0.1) is 0 Å². The van der Waals surface area contributed by atoms with Gasteiger partial charge in [0.25, 0.3) is 0 Å². The van der Waals surface area contributed by atoms with Crippen LogP contribution in [0, 0.1) is 13.8 Å². The van der Waals surface area contributed by atoms with E-state index >= 15 is 0 Å². The van der Waals surface area contributed by atoms with E-state index < -0.39 is 0 Å². The van der Waals surface area contributed by atoms with Crippen molar-refractivity contribution in [1.82, 2.24) is 15.1 Å². The number of benzene rings is 2. The number of nitrogens with zero attached hydrogens (tertiary/aromatic N) is 2. The Bertz CT molecular complexity index is 1010.